The van der Waals surface area contributed by atoms with Crippen LogP contribution in [0, 0.1) is 5.82 Å². The minimum Gasteiger partial charge on any atom is -0.327 e. The first-order valence-corrected chi connectivity index (χ1v) is 5.85. The summed E-state index contributed by atoms with van der Waals surface area (Å²) in [5, 5.41) is 0. The Morgan fingerprint density at radius 2 is 2.20 bits per heavy atom. The smallest absolute Gasteiger partial charge is 0.136 e. The van der Waals surface area contributed by atoms with Gasteiger partial charge in [0.1, 0.15) is 5.82 Å². The molecule has 82 valence electrons. The number of benzene rings is 1. The molecule has 1 atom stereocenters. The van der Waals surface area contributed by atoms with E-state index in [2.05, 4.69) is 6.58 Å². The van der Waals surface area contributed by atoms with Crippen LogP contribution in [0.4, 0.5) is 4.39 Å². The quantitative estimate of drug-likeness (QED) is 0.615. The van der Waals surface area contributed by atoms with E-state index in [0.717, 1.165) is 12.0 Å². The van der Waals surface area contributed by atoms with Crippen molar-refractivity contribution >= 4 is 11.8 Å². The summed E-state index contributed by atoms with van der Waals surface area (Å²) in [4.78, 5) is 0.662. The molecule has 0 aliphatic heterocycles. The van der Waals surface area contributed by atoms with Gasteiger partial charge in [-0.1, -0.05) is 17.7 Å². The van der Waals surface area contributed by atoms with Crippen molar-refractivity contribution in [2.24, 2.45) is 5.73 Å². The van der Waals surface area contributed by atoms with Gasteiger partial charge in [0.05, 0.1) is 0 Å². The van der Waals surface area contributed by atoms with Gasteiger partial charge in [0.15, 0.2) is 0 Å². The van der Waals surface area contributed by atoms with Gasteiger partial charge < -0.3 is 5.73 Å². The van der Waals surface area contributed by atoms with Crippen LogP contribution in [0.1, 0.15) is 13.3 Å². The van der Waals surface area contributed by atoms with Crippen molar-refractivity contribution in [3.8, 4) is 0 Å². The first-order valence-electron chi connectivity index (χ1n) is 4.87. The van der Waals surface area contributed by atoms with E-state index < -0.39 is 0 Å². The highest BCUT2D eigenvalue weighted by Gasteiger charge is 2.06. The van der Waals surface area contributed by atoms with Crippen molar-refractivity contribution in [3.63, 3.8) is 0 Å². The number of nitrogens with two attached hydrogens (primary N) is 1. The fourth-order valence-electron chi connectivity index (χ4n) is 1.27. The number of thioether (sulfide) groups is 1. The average molecular weight is 225 g/mol. The molecule has 1 unspecified atom stereocenters. The van der Waals surface area contributed by atoms with E-state index in [1.54, 1.807) is 12.1 Å². The zero-order valence-electron chi connectivity index (χ0n) is 8.87. The molecule has 15 heavy (non-hydrogen) atoms. The van der Waals surface area contributed by atoms with Gasteiger partial charge in [0.2, 0.25) is 0 Å². The van der Waals surface area contributed by atoms with E-state index >= 15 is 0 Å². The van der Waals surface area contributed by atoms with Crippen molar-refractivity contribution < 1.29 is 4.39 Å². The Morgan fingerprint density at radius 3 is 2.80 bits per heavy atom. The van der Waals surface area contributed by atoms with E-state index in [0.29, 0.717) is 10.6 Å². The molecule has 1 aromatic carbocycles. The minimum atomic E-state index is -0.176. The SMILES string of the molecule is C=C(C)CC(N)CSc1ccccc1F. The highest BCUT2D eigenvalue weighted by molar-refractivity contribution is 7.99. The average Bonchev–Trinajstić information content (AvgIpc) is 2.15. The van der Waals surface area contributed by atoms with Crippen LogP contribution >= 0.6 is 11.8 Å². The molecule has 0 spiro atoms. The summed E-state index contributed by atoms with van der Waals surface area (Å²) in [5.74, 6) is 0.540. The van der Waals surface area contributed by atoms with E-state index in [4.69, 9.17) is 5.73 Å². The first kappa shape index (κ1) is 12.3. The lowest BCUT2D eigenvalue weighted by molar-refractivity contribution is 0.601. The zero-order valence-corrected chi connectivity index (χ0v) is 9.69. The molecule has 0 aromatic heterocycles. The summed E-state index contributed by atoms with van der Waals surface area (Å²) in [6, 6.07) is 6.80. The second-order valence-electron chi connectivity index (χ2n) is 3.66. The van der Waals surface area contributed by atoms with Crippen LogP contribution in [-0.4, -0.2) is 11.8 Å². The van der Waals surface area contributed by atoms with Crippen LogP contribution in [-0.2, 0) is 0 Å². The Hall–Kier alpha value is -0.800. The number of rotatable bonds is 5. The molecule has 0 aliphatic carbocycles. The topological polar surface area (TPSA) is 26.0 Å². The lowest BCUT2D eigenvalue weighted by Gasteiger charge is -2.10. The van der Waals surface area contributed by atoms with E-state index in [-0.39, 0.29) is 11.9 Å². The van der Waals surface area contributed by atoms with E-state index in [1.165, 1.54) is 17.8 Å². The van der Waals surface area contributed by atoms with Crippen LogP contribution in [0.2, 0.25) is 0 Å². The van der Waals surface area contributed by atoms with E-state index in [1.807, 2.05) is 13.0 Å². The monoisotopic (exact) mass is 225 g/mol. The van der Waals surface area contributed by atoms with Crippen molar-refractivity contribution in [3.05, 3.63) is 42.2 Å². The largest absolute Gasteiger partial charge is 0.327 e. The predicted octanol–water partition coefficient (Wildman–Crippen LogP) is 3.21. The predicted molar refractivity (Wildman–Crippen MR) is 64.5 cm³/mol. The van der Waals surface area contributed by atoms with Crippen LogP contribution in [0.25, 0.3) is 0 Å². The Labute approximate surface area is 94.6 Å². The van der Waals surface area contributed by atoms with Crippen molar-refractivity contribution in [1.82, 2.24) is 0 Å². The standard InChI is InChI=1S/C12H16FNS/c1-9(2)7-10(14)8-15-12-6-4-3-5-11(12)13/h3-6,10H,1,7-8,14H2,2H3. The second-order valence-corrected chi connectivity index (χ2v) is 4.72. The summed E-state index contributed by atoms with van der Waals surface area (Å²) >= 11 is 1.46. The fraction of sp³-hybridized carbons (Fsp3) is 0.333. The lowest BCUT2D eigenvalue weighted by atomic mass is 10.1. The summed E-state index contributed by atoms with van der Waals surface area (Å²) in [7, 11) is 0. The molecule has 2 N–H and O–H groups in total. The third-order valence-electron chi connectivity index (χ3n) is 1.90. The molecule has 1 rings (SSSR count). The molecule has 0 amide bonds. The highest BCUT2D eigenvalue weighted by atomic mass is 32.2. The van der Waals surface area contributed by atoms with Gasteiger partial charge in [-0.05, 0) is 25.5 Å². The zero-order chi connectivity index (χ0) is 11.3. The number of hydrogen-bond acceptors (Lipinski definition) is 2. The second kappa shape index (κ2) is 5.93. The summed E-state index contributed by atoms with van der Waals surface area (Å²) in [6.45, 7) is 5.76. The molecule has 0 saturated heterocycles. The van der Waals surface area contributed by atoms with Crippen molar-refractivity contribution in [1.29, 1.82) is 0 Å². The molecule has 3 heteroatoms. The summed E-state index contributed by atoms with van der Waals surface area (Å²) in [6.07, 6.45) is 0.793. The molecule has 0 heterocycles. The maximum atomic E-state index is 13.2. The van der Waals surface area contributed by atoms with Gasteiger partial charge in [-0.15, -0.1) is 18.3 Å². The number of halogens is 1. The van der Waals surface area contributed by atoms with Crippen LogP contribution in [0.3, 0.4) is 0 Å². The highest BCUT2D eigenvalue weighted by Crippen LogP contribution is 2.22. The van der Waals surface area contributed by atoms with Gasteiger partial charge in [-0.2, -0.15) is 0 Å². The molecular weight excluding hydrogens is 209 g/mol. The molecule has 0 fully saturated rings. The Bertz CT molecular complexity index is 338. The first-order chi connectivity index (χ1) is 7.09. The van der Waals surface area contributed by atoms with Crippen molar-refractivity contribution in [2.45, 2.75) is 24.3 Å². The van der Waals surface area contributed by atoms with Gasteiger partial charge in [-0.25, -0.2) is 4.39 Å². The van der Waals surface area contributed by atoms with Gasteiger partial charge in [0.25, 0.3) is 0 Å². The van der Waals surface area contributed by atoms with Crippen LogP contribution in [0.5, 0.6) is 0 Å². The maximum Gasteiger partial charge on any atom is 0.136 e. The lowest BCUT2D eigenvalue weighted by Crippen LogP contribution is -2.22. The molecule has 0 saturated carbocycles. The Balaban J connectivity index is 2.43. The molecular formula is C12H16FNS. The fourth-order valence-corrected chi connectivity index (χ4v) is 2.16. The van der Waals surface area contributed by atoms with Crippen LogP contribution < -0.4 is 5.73 Å². The van der Waals surface area contributed by atoms with Gasteiger partial charge in [0, 0.05) is 16.7 Å². The summed E-state index contributed by atoms with van der Waals surface area (Å²) in [5.41, 5.74) is 6.93. The third-order valence-corrected chi connectivity index (χ3v) is 3.14. The van der Waals surface area contributed by atoms with Gasteiger partial charge >= 0.3 is 0 Å². The third kappa shape index (κ3) is 4.49. The number of hydrogen-bond donors (Lipinski definition) is 1. The van der Waals surface area contributed by atoms with E-state index in [9.17, 15) is 4.39 Å². The summed E-state index contributed by atoms with van der Waals surface area (Å²) < 4.78 is 13.2. The normalized spacial score (nSPS) is 12.5. The molecule has 0 aliphatic rings. The Morgan fingerprint density at radius 1 is 1.53 bits per heavy atom. The van der Waals surface area contributed by atoms with Crippen molar-refractivity contribution in [2.75, 3.05) is 5.75 Å². The molecule has 1 nitrogen and oxygen atoms in total. The Kier molecular flexibility index (Phi) is 4.85. The maximum absolute atomic E-state index is 13.2. The molecule has 1 aromatic rings. The van der Waals surface area contributed by atoms with Crippen LogP contribution in [0.15, 0.2) is 41.3 Å². The van der Waals surface area contributed by atoms with Gasteiger partial charge in [-0.3, -0.25) is 0 Å². The molecule has 0 bridgehead atoms. The molecule has 0 radical (unpaired) electrons. The minimum absolute atomic E-state index is 0.0482.